The van der Waals surface area contributed by atoms with Gasteiger partial charge in [0, 0.05) is 19.6 Å². The zero-order chi connectivity index (χ0) is 23.6. The van der Waals surface area contributed by atoms with E-state index in [1.165, 1.54) is 0 Å². The van der Waals surface area contributed by atoms with E-state index >= 15 is 0 Å². The molecule has 1 aliphatic rings. The highest BCUT2D eigenvalue weighted by molar-refractivity contribution is 14.0. The molecule has 0 aromatic heterocycles. The summed E-state index contributed by atoms with van der Waals surface area (Å²) in [4.78, 5) is 31.4. The van der Waals surface area contributed by atoms with E-state index in [1.807, 2.05) is 65.0 Å². The van der Waals surface area contributed by atoms with Gasteiger partial charge in [-0.3, -0.25) is 9.79 Å². The van der Waals surface area contributed by atoms with E-state index in [0.29, 0.717) is 13.2 Å². The fourth-order valence-corrected chi connectivity index (χ4v) is 3.56. The molecule has 0 spiro atoms. The Morgan fingerprint density at radius 1 is 1.15 bits per heavy atom. The highest BCUT2D eigenvalue weighted by Crippen LogP contribution is 2.20. The minimum Gasteiger partial charge on any atom is -0.466 e. The van der Waals surface area contributed by atoms with E-state index < -0.39 is 11.7 Å². The number of likely N-dealkylation sites (tertiary alicyclic amines) is 1. The van der Waals surface area contributed by atoms with Crippen molar-refractivity contribution >= 4 is 42.0 Å². The molecule has 186 valence electrons. The van der Waals surface area contributed by atoms with E-state index in [9.17, 15) is 9.59 Å². The van der Waals surface area contributed by atoms with E-state index in [-0.39, 0.29) is 41.9 Å². The summed E-state index contributed by atoms with van der Waals surface area (Å²) in [5, 5.41) is 6.29. The zero-order valence-electron chi connectivity index (χ0n) is 20.4. The van der Waals surface area contributed by atoms with Gasteiger partial charge < -0.3 is 25.0 Å². The molecule has 0 radical (unpaired) electrons. The number of alkyl carbamates (subject to hydrolysis) is 1. The average molecular weight is 575 g/mol. The van der Waals surface area contributed by atoms with Crippen LogP contribution in [-0.2, 0) is 14.3 Å². The summed E-state index contributed by atoms with van der Waals surface area (Å²) >= 11 is 0. The normalized spacial score (nSPS) is 15.8. The maximum atomic E-state index is 12.4. The molecule has 1 aromatic carbocycles. The second-order valence-electron chi connectivity index (χ2n) is 8.82. The van der Waals surface area contributed by atoms with E-state index in [1.54, 1.807) is 0 Å². The monoisotopic (exact) mass is 574 g/mol. The first-order valence-corrected chi connectivity index (χ1v) is 11.5. The topological polar surface area (TPSA) is 92.3 Å². The number of rotatable bonds is 7. The Kier molecular flexibility index (Phi) is 12.5. The first-order chi connectivity index (χ1) is 15.2. The number of nitrogens with one attached hydrogen (secondary N) is 2. The van der Waals surface area contributed by atoms with Crippen LogP contribution in [-0.4, -0.2) is 61.3 Å². The molecule has 1 unspecified atom stereocenters. The lowest BCUT2D eigenvalue weighted by molar-refractivity contribution is -0.149. The predicted octanol–water partition coefficient (Wildman–Crippen LogP) is 4.11. The number of ether oxygens (including phenoxy) is 2. The lowest BCUT2D eigenvalue weighted by Crippen LogP contribution is -2.47. The molecule has 2 N–H and O–H groups in total. The van der Waals surface area contributed by atoms with Gasteiger partial charge in [-0.15, -0.1) is 24.0 Å². The van der Waals surface area contributed by atoms with Crippen molar-refractivity contribution in [3.8, 4) is 0 Å². The molecule has 1 atom stereocenters. The second-order valence-corrected chi connectivity index (χ2v) is 8.82. The fourth-order valence-electron chi connectivity index (χ4n) is 3.56. The van der Waals surface area contributed by atoms with Gasteiger partial charge in [0.1, 0.15) is 5.60 Å². The Balaban J connectivity index is 0.00000544. The van der Waals surface area contributed by atoms with Gasteiger partial charge in [-0.05, 0) is 53.0 Å². The van der Waals surface area contributed by atoms with E-state index in [0.717, 1.165) is 44.0 Å². The average Bonchev–Trinajstić information content (AvgIpc) is 2.75. The molecule has 1 aliphatic heterocycles. The van der Waals surface area contributed by atoms with Crippen LogP contribution in [0.3, 0.4) is 0 Å². The lowest BCUT2D eigenvalue weighted by Gasteiger charge is -2.33. The highest BCUT2D eigenvalue weighted by atomic mass is 127. The number of aliphatic imine (C=N–C) groups is 1. The molecule has 0 bridgehead atoms. The van der Waals surface area contributed by atoms with Crippen LogP contribution in [0.4, 0.5) is 4.79 Å². The van der Waals surface area contributed by atoms with Crippen LogP contribution < -0.4 is 10.6 Å². The van der Waals surface area contributed by atoms with Gasteiger partial charge in [0.2, 0.25) is 0 Å². The molecule has 1 aromatic rings. The smallest absolute Gasteiger partial charge is 0.408 e. The van der Waals surface area contributed by atoms with Crippen molar-refractivity contribution in [2.24, 2.45) is 10.9 Å². The number of hydrogen-bond acceptors (Lipinski definition) is 5. The standard InChI is InChI=1S/C24H38N4O4.HI/c1-6-25-22(28-15-13-19(14-16-28)21(29)31-7-2)26-17-20(18-11-9-8-10-12-18)27-23(30)32-24(3,4)5;/h8-12,19-20H,6-7,13-17H2,1-5H3,(H,25,26)(H,27,30);1H. The van der Waals surface area contributed by atoms with Crippen molar-refractivity contribution in [3.05, 3.63) is 35.9 Å². The van der Waals surface area contributed by atoms with Gasteiger partial charge in [0.05, 0.1) is 25.1 Å². The molecular formula is C24H39IN4O4. The van der Waals surface area contributed by atoms with Crippen molar-refractivity contribution < 1.29 is 19.1 Å². The van der Waals surface area contributed by atoms with Gasteiger partial charge in [0.25, 0.3) is 0 Å². The van der Waals surface area contributed by atoms with Crippen molar-refractivity contribution in [3.63, 3.8) is 0 Å². The second kappa shape index (κ2) is 14.3. The Morgan fingerprint density at radius 2 is 1.79 bits per heavy atom. The van der Waals surface area contributed by atoms with Gasteiger partial charge in [-0.1, -0.05) is 30.3 Å². The van der Waals surface area contributed by atoms with Crippen molar-refractivity contribution in [1.29, 1.82) is 0 Å². The minimum absolute atomic E-state index is 0. The summed E-state index contributed by atoms with van der Waals surface area (Å²) in [5.74, 6) is 0.612. The van der Waals surface area contributed by atoms with Gasteiger partial charge >= 0.3 is 12.1 Å². The Labute approximate surface area is 214 Å². The summed E-state index contributed by atoms with van der Waals surface area (Å²) in [6, 6.07) is 9.43. The Morgan fingerprint density at radius 3 is 2.33 bits per heavy atom. The van der Waals surface area contributed by atoms with Gasteiger partial charge in [-0.25, -0.2) is 4.79 Å². The predicted molar refractivity (Wildman–Crippen MR) is 141 cm³/mol. The maximum Gasteiger partial charge on any atom is 0.408 e. The molecule has 9 heteroatoms. The van der Waals surface area contributed by atoms with Crippen molar-refractivity contribution in [1.82, 2.24) is 15.5 Å². The number of amides is 1. The summed E-state index contributed by atoms with van der Waals surface area (Å²) in [5.41, 5.74) is 0.381. The fraction of sp³-hybridized carbons (Fsp3) is 0.625. The molecule has 2 rings (SSSR count). The van der Waals surface area contributed by atoms with E-state index in [4.69, 9.17) is 14.5 Å². The number of carbonyl (C=O) groups is 2. The Bertz CT molecular complexity index is 759. The summed E-state index contributed by atoms with van der Waals surface area (Å²) in [6.45, 7) is 12.3. The van der Waals surface area contributed by atoms with Gasteiger partial charge in [-0.2, -0.15) is 0 Å². The third kappa shape index (κ3) is 10.2. The molecule has 0 saturated carbocycles. The minimum atomic E-state index is -0.577. The highest BCUT2D eigenvalue weighted by Gasteiger charge is 2.28. The molecular weight excluding hydrogens is 535 g/mol. The molecule has 8 nitrogen and oxygen atoms in total. The van der Waals surface area contributed by atoms with Crippen LogP contribution in [0.2, 0.25) is 0 Å². The number of guanidine groups is 1. The summed E-state index contributed by atoms with van der Waals surface area (Å²) < 4.78 is 10.6. The molecule has 1 saturated heterocycles. The van der Waals surface area contributed by atoms with Crippen molar-refractivity contribution in [2.75, 3.05) is 32.8 Å². The quantitative estimate of drug-likeness (QED) is 0.221. The number of nitrogens with zero attached hydrogens (tertiary/aromatic N) is 2. The number of benzene rings is 1. The number of carbonyl (C=O) groups excluding carboxylic acids is 2. The van der Waals surface area contributed by atoms with Crippen LogP contribution in [0, 0.1) is 5.92 Å². The van der Waals surface area contributed by atoms with Crippen LogP contribution in [0.1, 0.15) is 59.1 Å². The van der Waals surface area contributed by atoms with Gasteiger partial charge in [0.15, 0.2) is 5.96 Å². The van der Waals surface area contributed by atoms with Crippen molar-refractivity contribution in [2.45, 2.75) is 59.1 Å². The third-order valence-corrected chi connectivity index (χ3v) is 5.07. The maximum absolute atomic E-state index is 12.4. The number of hydrogen-bond donors (Lipinski definition) is 2. The summed E-state index contributed by atoms with van der Waals surface area (Å²) in [7, 11) is 0. The van der Waals surface area contributed by atoms with Crippen LogP contribution in [0.15, 0.2) is 35.3 Å². The van der Waals surface area contributed by atoms with E-state index in [2.05, 4.69) is 15.5 Å². The van der Waals surface area contributed by atoms with Crippen LogP contribution >= 0.6 is 24.0 Å². The molecule has 1 fully saturated rings. The number of esters is 1. The lowest BCUT2D eigenvalue weighted by atomic mass is 9.97. The number of piperidine rings is 1. The largest absolute Gasteiger partial charge is 0.466 e. The molecule has 1 amide bonds. The van der Waals surface area contributed by atoms with Crippen LogP contribution in [0.25, 0.3) is 0 Å². The molecule has 33 heavy (non-hydrogen) atoms. The first kappa shape index (κ1) is 29.0. The zero-order valence-corrected chi connectivity index (χ0v) is 22.8. The SMILES string of the molecule is CCNC(=NCC(NC(=O)OC(C)(C)C)c1ccccc1)N1CCC(C(=O)OCC)CC1.I. The third-order valence-electron chi connectivity index (χ3n) is 5.07. The summed E-state index contributed by atoms with van der Waals surface area (Å²) in [6.07, 6.45) is 1.00. The first-order valence-electron chi connectivity index (χ1n) is 11.5. The Hall–Kier alpha value is -2.04. The molecule has 1 heterocycles. The van der Waals surface area contributed by atoms with Crippen LogP contribution in [0.5, 0.6) is 0 Å². The number of halogens is 1. The molecule has 0 aliphatic carbocycles.